The normalized spacial score (nSPS) is 17.9. The Morgan fingerprint density at radius 2 is 1.91 bits per heavy atom. The van der Waals surface area contributed by atoms with Crippen LogP contribution in [0.4, 0.5) is 20.6 Å². The Hall–Kier alpha value is -3.24. The van der Waals surface area contributed by atoms with Crippen molar-refractivity contribution in [1.29, 1.82) is 0 Å². The minimum Gasteiger partial charge on any atom is -0.442 e. The van der Waals surface area contributed by atoms with Gasteiger partial charge >= 0.3 is 6.09 Å². The van der Waals surface area contributed by atoms with E-state index in [2.05, 4.69) is 5.32 Å². The Bertz CT molecular complexity index is 1060. The zero-order valence-corrected chi connectivity index (χ0v) is 20.4. The van der Waals surface area contributed by atoms with Gasteiger partial charge in [0.1, 0.15) is 18.5 Å². The van der Waals surface area contributed by atoms with Gasteiger partial charge in [0, 0.05) is 26.2 Å². The Labute approximate surface area is 209 Å². The van der Waals surface area contributed by atoms with Crippen molar-refractivity contribution >= 4 is 40.6 Å². The molecule has 2 aromatic rings. The van der Waals surface area contributed by atoms with Crippen molar-refractivity contribution in [2.45, 2.75) is 19.6 Å². The molecule has 2 saturated heterocycles. The van der Waals surface area contributed by atoms with Crippen LogP contribution in [0.3, 0.4) is 0 Å². The van der Waals surface area contributed by atoms with Gasteiger partial charge in [-0.3, -0.25) is 9.69 Å². The summed E-state index contributed by atoms with van der Waals surface area (Å²) >= 11 is 4.99. The molecule has 2 fully saturated rings. The number of hydrogen-bond acceptors (Lipinski definition) is 6. The molecule has 0 aliphatic carbocycles. The number of rotatable bonds is 8. The summed E-state index contributed by atoms with van der Waals surface area (Å²) in [5.41, 5.74) is 1.91. The highest BCUT2D eigenvalue weighted by molar-refractivity contribution is 7.80. The average Bonchev–Trinajstić information content (AvgIpc) is 3.24. The molecule has 2 aliphatic rings. The first-order chi connectivity index (χ1) is 16.9. The van der Waals surface area contributed by atoms with E-state index in [1.807, 2.05) is 35.2 Å². The van der Waals surface area contributed by atoms with Crippen molar-refractivity contribution in [3.8, 4) is 0 Å². The van der Waals surface area contributed by atoms with Crippen molar-refractivity contribution < 1.29 is 23.5 Å². The molecule has 8 nitrogen and oxygen atoms in total. The number of nitrogens with zero attached hydrogens (tertiary/aromatic N) is 3. The molecular weight excluding hydrogens is 471 g/mol. The van der Waals surface area contributed by atoms with Gasteiger partial charge in [0.2, 0.25) is 5.91 Å². The molecule has 0 radical (unpaired) electrons. The van der Waals surface area contributed by atoms with Gasteiger partial charge in [0.25, 0.3) is 0 Å². The predicted octanol–water partition coefficient (Wildman–Crippen LogP) is 2.95. The van der Waals surface area contributed by atoms with Crippen LogP contribution in [-0.2, 0) is 20.9 Å². The number of nitrogens with one attached hydrogen (secondary N) is 1. The summed E-state index contributed by atoms with van der Waals surface area (Å²) in [6.07, 6.45) is -0.863. The molecule has 0 bridgehead atoms. The summed E-state index contributed by atoms with van der Waals surface area (Å²) in [7, 11) is 0. The molecule has 0 spiro atoms. The lowest BCUT2D eigenvalue weighted by Gasteiger charge is -2.36. The third-order valence-electron chi connectivity index (χ3n) is 6.01. The van der Waals surface area contributed by atoms with E-state index in [0.717, 1.165) is 5.56 Å². The maximum atomic E-state index is 15.0. The van der Waals surface area contributed by atoms with Crippen LogP contribution in [0.15, 0.2) is 48.5 Å². The molecule has 186 valence electrons. The Morgan fingerprint density at radius 3 is 2.60 bits per heavy atom. The van der Waals surface area contributed by atoms with Crippen LogP contribution in [0, 0.1) is 5.82 Å². The molecule has 1 N–H and O–H groups in total. The third-order valence-corrected chi connectivity index (χ3v) is 6.15. The van der Waals surface area contributed by atoms with E-state index < -0.39 is 11.9 Å². The summed E-state index contributed by atoms with van der Waals surface area (Å²) in [6.45, 7) is 4.89. The van der Waals surface area contributed by atoms with E-state index in [1.54, 1.807) is 24.0 Å². The molecule has 0 aromatic heterocycles. The van der Waals surface area contributed by atoms with E-state index in [1.165, 1.54) is 11.0 Å². The van der Waals surface area contributed by atoms with Crippen LogP contribution in [0.5, 0.6) is 0 Å². The molecule has 2 heterocycles. The summed E-state index contributed by atoms with van der Waals surface area (Å²) in [4.78, 5) is 30.4. The molecule has 35 heavy (non-hydrogen) atoms. The Balaban J connectivity index is 1.27. The van der Waals surface area contributed by atoms with Crippen LogP contribution in [-0.4, -0.2) is 73.9 Å². The number of carbonyl (C=O) groups excluding carboxylic acids is 2. The van der Waals surface area contributed by atoms with Crippen molar-refractivity contribution in [3.05, 3.63) is 59.9 Å². The number of amides is 2. The molecule has 2 aromatic carbocycles. The van der Waals surface area contributed by atoms with Crippen LogP contribution >= 0.6 is 12.2 Å². The maximum Gasteiger partial charge on any atom is 0.414 e. The number of ether oxygens (including phenoxy) is 2. The summed E-state index contributed by atoms with van der Waals surface area (Å²) in [5, 5.41) is 2.98. The zero-order valence-electron chi connectivity index (χ0n) is 19.6. The van der Waals surface area contributed by atoms with Gasteiger partial charge in [-0.15, -0.1) is 0 Å². The van der Waals surface area contributed by atoms with Crippen molar-refractivity contribution in [2.24, 2.45) is 0 Å². The van der Waals surface area contributed by atoms with Crippen molar-refractivity contribution in [2.75, 3.05) is 55.7 Å². The second-order valence-corrected chi connectivity index (χ2v) is 9.15. The van der Waals surface area contributed by atoms with Gasteiger partial charge in [-0.25, -0.2) is 9.18 Å². The highest BCUT2D eigenvalue weighted by Gasteiger charge is 2.33. The lowest BCUT2D eigenvalue weighted by atomic mass is 10.2. The Kier molecular flexibility index (Phi) is 8.14. The smallest absolute Gasteiger partial charge is 0.414 e. The summed E-state index contributed by atoms with van der Waals surface area (Å²) in [6, 6.07) is 14.4. The average molecular weight is 501 g/mol. The minimum absolute atomic E-state index is 0.0183. The number of halogens is 1. The third kappa shape index (κ3) is 6.46. The first-order valence-corrected chi connectivity index (χ1v) is 12.0. The van der Waals surface area contributed by atoms with Gasteiger partial charge < -0.3 is 24.6 Å². The minimum atomic E-state index is -0.507. The van der Waals surface area contributed by atoms with Crippen LogP contribution in [0.25, 0.3) is 0 Å². The molecular formula is C25H29FN4O4S. The van der Waals surface area contributed by atoms with E-state index in [0.29, 0.717) is 62.2 Å². The number of thiocarbonyl (C=S) groups is 1. The van der Waals surface area contributed by atoms with E-state index >= 15 is 0 Å². The second-order valence-electron chi connectivity index (χ2n) is 8.54. The summed E-state index contributed by atoms with van der Waals surface area (Å²) < 4.78 is 25.9. The monoisotopic (exact) mass is 500 g/mol. The van der Waals surface area contributed by atoms with Crippen molar-refractivity contribution in [1.82, 2.24) is 10.2 Å². The number of anilines is 2. The zero-order chi connectivity index (χ0) is 24.8. The standard InChI is InChI=1S/C25H29FN4O4S/c1-18(35)27-14-21-15-30(25(32)34-21)20-7-8-23(22(26)13-20)28-9-11-29(12-10-28)24(31)17-33-16-19-5-3-2-4-6-19/h2-8,13,21H,9-12,14-17H2,1H3,(H,27,35)/t21-/m0/s1. The van der Waals surface area contributed by atoms with Crippen LogP contribution < -0.4 is 15.1 Å². The summed E-state index contributed by atoms with van der Waals surface area (Å²) in [5.74, 6) is -0.491. The molecule has 0 unspecified atom stereocenters. The fourth-order valence-electron chi connectivity index (χ4n) is 4.13. The van der Waals surface area contributed by atoms with E-state index in [4.69, 9.17) is 21.7 Å². The molecule has 1 atom stereocenters. The van der Waals surface area contributed by atoms with Gasteiger partial charge in [0.15, 0.2) is 0 Å². The van der Waals surface area contributed by atoms with Gasteiger partial charge in [0.05, 0.1) is 36.1 Å². The van der Waals surface area contributed by atoms with Crippen LogP contribution in [0.1, 0.15) is 12.5 Å². The van der Waals surface area contributed by atoms with Gasteiger partial charge in [-0.2, -0.15) is 0 Å². The first-order valence-electron chi connectivity index (χ1n) is 11.6. The van der Waals surface area contributed by atoms with Gasteiger partial charge in [-0.1, -0.05) is 42.5 Å². The largest absolute Gasteiger partial charge is 0.442 e. The fourth-order valence-corrected chi connectivity index (χ4v) is 4.22. The van der Waals surface area contributed by atoms with Gasteiger partial charge in [-0.05, 0) is 30.7 Å². The molecule has 10 heteroatoms. The van der Waals surface area contributed by atoms with Crippen LogP contribution in [0.2, 0.25) is 0 Å². The maximum absolute atomic E-state index is 15.0. The highest BCUT2D eigenvalue weighted by atomic mass is 32.1. The van der Waals surface area contributed by atoms with E-state index in [-0.39, 0.29) is 18.6 Å². The molecule has 4 rings (SSSR count). The Morgan fingerprint density at radius 1 is 1.17 bits per heavy atom. The molecule has 0 saturated carbocycles. The van der Waals surface area contributed by atoms with E-state index in [9.17, 15) is 14.0 Å². The first kappa shape index (κ1) is 24.9. The SMILES string of the molecule is CC(=S)NC[C@H]1CN(c2ccc(N3CCN(C(=O)COCc4ccccc4)CC3)c(F)c2)C(=O)O1. The second kappa shape index (κ2) is 11.5. The number of hydrogen-bond donors (Lipinski definition) is 1. The number of cyclic esters (lactones) is 1. The fraction of sp³-hybridized carbons (Fsp3) is 0.400. The lowest BCUT2D eigenvalue weighted by molar-refractivity contribution is -0.136. The topological polar surface area (TPSA) is 74.4 Å². The number of benzene rings is 2. The predicted molar refractivity (Wildman–Crippen MR) is 135 cm³/mol. The highest BCUT2D eigenvalue weighted by Crippen LogP contribution is 2.28. The molecule has 2 amide bonds. The quantitative estimate of drug-likeness (QED) is 0.559. The molecule has 2 aliphatic heterocycles. The van der Waals surface area contributed by atoms with Crippen molar-refractivity contribution in [3.63, 3.8) is 0 Å². The number of piperazine rings is 1. The number of carbonyl (C=O) groups is 2. The lowest BCUT2D eigenvalue weighted by Crippen LogP contribution is -2.50.